The van der Waals surface area contributed by atoms with Crippen LogP contribution in [0.25, 0.3) is 0 Å². The van der Waals surface area contributed by atoms with Gasteiger partial charge < -0.3 is 10.2 Å². The van der Waals surface area contributed by atoms with Crippen molar-refractivity contribution in [3.05, 3.63) is 40.4 Å². The van der Waals surface area contributed by atoms with Crippen LogP contribution in [0.15, 0.2) is 39.9 Å². The number of benzene rings is 1. The van der Waals surface area contributed by atoms with Crippen molar-refractivity contribution >= 4 is 40.9 Å². The van der Waals surface area contributed by atoms with Crippen molar-refractivity contribution in [3.63, 3.8) is 0 Å². The minimum Gasteiger partial charge on any atom is -0.324 e. The molecular weight excluding hydrogens is 330 g/mol. The molecule has 1 aromatic carbocycles. The molecule has 0 saturated heterocycles. The number of amidine groups is 1. The summed E-state index contributed by atoms with van der Waals surface area (Å²) in [4.78, 5) is 19.9. The summed E-state index contributed by atoms with van der Waals surface area (Å²) in [6.07, 6.45) is 3.25. The Hall–Kier alpha value is -1.46. The fraction of sp³-hybridized carbons (Fsp3) is 0.412. The van der Waals surface area contributed by atoms with E-state index in [0.717, 1.165) is 53.8 Å². The van der Waals surface area contributed by atoms with Gasteiger partial charge in [-0.1, -0.05) is 25.5 Å². The second kappa shape index (κ2) is 7.88. The molecule has 0 spiro atoms. The molecule has 0 unspecified atom stereocenters. The Morgan fingerprint density at radius 1 is 1.35 bits per heavy atom. The first-order chi connectivity index (χ1) is 10.7. The predicted molar refractivity (Wildman–Crippen MR) is 100 cm³/mol. The number of nitrogens with zero attached hydrogens (tertiary/aromatic N) is 2. The summed E-state index contributed by atoms with van der Waals surface area (Å²) in [5, 5.41) is 3.96. The zero-order valence-electron chi connectivity index (χ0n) is 13.5. The molecule has 1 aromatic rings. The number of thioether (sulfide) groups is 1. The Morgan fingerprint density at radius 3 is 2.74 bits per heavy atom. The van der Waals surface area contributed by atoms with E-state index >= 15 is 0 Å². The number of hydrogen-bond donors (Lipinski definition) is 1. The fourth-order valence-electron chi connectivity index (χ4n) is 2.71. The van der Waals surface area contributed by atoms with Crippen LogP contribution in [0.1, 0.15) is 32.3 Å². The van der Waals surface area contributed by atoms with Crippen LogP contribution in [0.5, 0.6) is 0 Å². The van der Waals surface area contributed by atoms with Gasteiger partial charge in [0.05, 0.1) is 4.91 Å². The van der Waals surface area contributed by atoms with E-state index in [-0.39, 0.29) is 18.3 Å². The maximum absolute atomic E-state index is 12.5. The molecule has 4 nitrogen and oxygen atoms in total. The van der Waals surface area contributed by atoms with Gasteiger partial charge in [-0.25, -0.2) is 0 Å². The van der Waals surface area contributed by atoms with Gasteiger partial charge in [0.15, 0.2) is 5.17 Å². The molecule has 2 heterocycles. The lowest BCUT2D eigenvalue weighted by atomic mass is 10.1. The smallest absolute Gasteiger partial charge is 0.264 e. The summed E-state index contributed by atoms with van der Waals surface area (Å²) in [6, 6.07) is 8.11. The van der Waals surface area contributed by atoms with Gasteiger partial charge in [-0.3, -0.25) is 9.79 Å². The lowest BCUT2D eigenvalue weighted by Crippen LogP contribution is -2.28. The van der Waals surface area contributed by atoms with Crippen LogP contribution < -0.4 is 5.32 Å². The second-order valence-corrected chi connectivity index (χ2v) is 6.56. The molecule has 6 heteroatoms. The number of amides is 1. The Labute approximate surface area is 147 Å². The summed E-state index contributed by atoms with van der Waals surface area (Å²) < 4.78 is 0. The number of carbonyl (C=O) groups is 1. The third-order valence-electron chi connectivity index (χ3n) is 3.90. The SMILES string of the molecule is CCCc1ccc(NC(=O)C2=C(C)N3CCCN=C3S2)cc1.Cl. The van der Waals surface area contributed by atoms with Gasteiger partial charge in [-0.05, 0) is 49.2 Å². The number of aliphatic imine (C=N–C) groups is 1. The van der Waals surface area contributed by atoms with Gasteiger partial charge in [0.1, 0.15) is 0 Å². The predicted octanol–water partition coefficient (Wildman–Crippen LogP) is 4.04. The highest BCUT2D eigenvalue weighted by atomic mass is 35.5. The Kier molecular flexibility index (Phi) is 6.13. The van der Waals surface area contributed by atoms with Crippen molar-refractivity contribution in [1.29, 1.82) is 0 Å². The van der Waals surface area contributed by atoms with Gasteiger partial charge in [0, 0.05) is 24.5 Å². The van der Waals surface area contributed by atoms with Crippen LogP contribution in [-0.2, 0) is 11.2 Å². The maximum Gasteiger partial charge on any atom is 0.264 e. The molecule has 0 fully saturated rings. The van der Waals surface area contributed by atoms with Gasteiger partial charge in [0.2, 0.25) is 0 Å². The van der Waals surface area contributed by atoms with Crippen molar-refractivity contribution in [2.24, 2.45) is 4.99 Å². The van der Waals surface area contributed by atoms with Crippen LogP contribution in [0, 0.1) is 0 Å². The van der Waals surface area contributed by atoms with E-state index in [4.69, 9.17) is 0 Å². The highest BCUT2D eigenvalue weighted by Crippen LogP contribution is 2.36. The van der Waals surface area contributed by atoms with E-state index < -0.39 is 0 Å². The van der Waals surface area contributed by atoms with Gasteiger partial charge in [-0.15, -0.1) is 12.4 Å². The molecule has 0 radical (unpaired) electrons. The fourth-order valence-corrected chi connectivity index (χ4v) is 3.79. The minimum absolute atomic E-state index is 0. The van der Waals surface area contributed by atoms with Crippen molar-refractivity contribution in [2.75, 3.05) is 18.4 Å². The number of hydrogen-bond acceptors (Lipinski definition) is 4. The molecule has 0 saturated carbocycles. The Bertz CT molecular complexity index is 640. The lowest BCUT2D eigenvalue weighted by molar-refractivity contribution is -0.112. The van der Waals surface area contributed by atoms with Crippen molar-refractivity contribution in [1.82, 2.24) is 4.90 Å². The van der Waals surface area contributed by atoms with E-state index in [9.17, 15) is 4.79 Å². The van der Waals surface area contributed by atoms with Gasteiger partial charge >= 0.3 is 0 Å². The highest BCUT2D eigenvalue weighted by Gasteiger charge is 2.31. The zero-order chi connectivity index (χ0) is 15.5. The first kappa shape index (κ1) is 17.9. The molecule has 0 atom stereocenters. The largest absolute Gasteiger partial charge is 0.324 e. The van der Waals surface area contributed by atoms with Crippen LogP contribution in [0.3, 0.4) is 0 Å². The van der Waals surface area contributed by atoms with Crippen LogP contribution >= 0.6 is 24.2 Å². The monoisotopic (exact) mass is 351 g/mol. The first-order valence-electron chi connectivity index (χ1n) is 7.80. The van der Waals surface area contributed by atoms with E-state index in [1.165, 1.54) is 17.3 Å². The standard InChI is InChI=1S/C17H21N3OS.ClH/c1-3-5-13-6-8-14(9-7-13)19-16(21)15-12(2)20-11-4-10-18-17(20)22-15;/h6-9H,3-5,10-11H2,1-2H3,(H,19,21);1H. The number of aryl methyl sites for hydroxylation is 1. The molecule has 2 aliphatic rings. The lowest BCUT2D eigenvalue weighted by Gasteiger charge is -2.23. The summed E-state index contributed by atoms with van der Waals surface area (Å²) in [5.74, 6) is -0.0390. The number of rotatable bonds is 4. The summed E-state index contributed by atoms with van der Waals surface area (Å²) >= 11 is 1.48. The average molecular weight is 352 g/mol. The third kappa shape index (κ3) is 3.90. The molecule has 23 heavy (non-hydrogen) atoms. The number of fused-ring (bicyclic) bond motifs is 1. The van der Waals surface area contributed by atoms with E-state index in [1.807, 2.05) is 19.1 Å². The number of nitrogens with one attached hydrogen (secondary N) is 1. The average Bonchev–Trinajstić information content (AvgIpc) is 2.87. The Morgan fingerprint density at radius 2 is 2.09 bits per heavy atom. The topological polar surface area (TPSA) is 44.7 Å². The quantitative estimate of drug-likeness (QED) is 0.890. The Balaban J connectivity index is 0.00000192. The van der Waals surface area contributed by atoms with Gasteiger partial charge in [-0.2, -0.15) is 0 Å². The second-order valence-electron chi connectivity index (χ2n) is 5.59. The molecular formula is C17H22ClN3OS. The molecule has 3 rings (SSSR count). The first-order valence-corrected chi connectivity index (χ1v) is 8.61. The van der Waals surface area contributed by atoms with Crippen LogP contribution in [0.4, 0.5) is 5.69 Å². The van der Waals surface area contributed by atoms with Crippen LogP contribution in [-0.4, -0.2) is 29.1 Å². The number of carbonyl (C=O) groups excluding carboxylic acids is 1. The number of allylic oxidation sites excluding steroid dienone is 1. The van der Waals surface area contributed by atoms with Crippen molar-refractivity contribution in [2.45, 2.75) is 33.1 Å². The molecule has 1 amide bonds. The normalized spacial score (nSPS) is 16.6. The van der Waals surface area contributed by atoms with E-state index in [2.05, 4.69) is 34.3 Å². The van der Waals surface area contributed by atoms with Crippen molar-refractivity contribution < 1.29 is 4.79 Å². The third-order valence-corrected chi connectivity index (χ3v) is 5.12. The summed E-state index contributed by atoms with van der Waals surface area (Å²) in [5.41, 5.74) is 3.17. The molecule has 0 aromatic heterocycles. The molecule has 1 N–H and O–H groups in total. The zero-order valence-corrected chi connectivity index (χ0v) is 15.1. The van der Waals surface area contributed by atoms with Crippen molar-refractivity contribution in [3.8, 4) is 0 Å². The highest BCUT2D eigenvalue weighted by molar-refractivity contribution is 8.18. The number of halogens is 1. The summed E-state index contributed by atoms with van der Waals surface area (Å²) in [7, 11) is 0. The molecule has 0 bridgehead atoms. The maximum atomic E-state index is 12.5. The van der Waals surface area contributed by atoms with Crippen LogP contribution in [0.2, 0.25) is 0 Å². The minimum atomic E-state index is -0.0390. The molecule has 124 valence electrons. The number of anilines is 1. The van der Waals surface area contributed by atoms with E-state index in [0.29, 0.717) is 0 Å². The summed E-state index contributed by atoms with van der Waals surface area (Å²) in [6.45, 7) is 5.99. The van der Waals surface area contributed by atoms with E-state index in [1.54, 1.807) is 0 Å². The van der Waals surface area contributed by atoms with Gasteiger partial charge in [0.25, 0.3) is 5.91 Å². The molecule has 0 aliphatic carbocycles. The molecule has 2 aliphatic heterocycles.